The molecule has 3 aromatic heterocycles. The van der Waals surface area contributed by atoms with Crippen LogP contribution in [0.25, 0.3) is 5.65 Å². The molecule has 3 rings (SSSR count). The second-order valence-corrected chi connectivity index (χ2v) is 6.46. The number of aryl methyl sites for hydroxylation is 1. The van der Waals surface area contributed by atoms with Crippen molar-refractivity contribution in [3.8, 4) is 0 Å². The number of nitrogens with zero attached hydrogens (tertiary/aromatic N) is 5. The Morgan fingerprint density at radius 1 is 1.06 bits per heavy atom. The molecule has 0 bridgehead atoms. The first-order chi connectivity index (χ1) is 14.7. The molecule has 0 unspecified atom stereocenters. The van der Waals surface area contributed by atoms with E-state index in [0.717, 1.165) is 6.07 Å². The molecule has 0 radical (unpaired) electrons. The normalized spacial score (nSPS) is 11.5. The van der Waals surface area contributed by atoms with Crippen LogP contribution in [0.3, 0.4) is 0 Å². The van der Waals surface area contributed by atoms with E-state index in [1.807, 2.05) is 6.92 Å². The molecule has 0 aliphatic carbocycles. The monoisotopic (exact) mass is 441 g/mol. The van der Waals surface area contributed by atoms with Gasteiger partial charge in [-0.15, -0.1) is 0 Å². The number of carbonyl (C=O) groups is 2. The highest BCUT2D eigenvalue weighted by Gasteiger charge is 2.24. The van der Waals surface area contributed by atoms with Crippen LogP contribution in [0.2, 0.25) is 0 Å². The van der Waals surface area contributed by atoms with Gasteiger partial charge in [0.2, 0.25) is 0 Å². The third-order valence-corrected chi connectivity index (χ3v) is 4.24. The van der Waals surface area contributed by atoms with Crippen LogP contribution in [-0.2, 0) is 6.54 Å². The van der Waals surface area contributed by atoms with Gasteiger partial charge in [-0.25, -0.2) is 27.1 Å². The molecule has 2 amide bonds. The first-order valence-electron chi connectivity index (χ1n) is 9.39. The lowest BCUT2D eigenvalue weighted by Crippen LogP contribution is -2.26. The average Bonchev–Trinajstić information content (AvgIpc) is 3.34. The number of anilines is 1. The fourth-order valence-electron chi connectivity index (χ4n) is 2.75. The second kappa shape index (κ2) is 9.10. The summed E-state index contributed by atoms with van der Waals surface area (Å²) in [4.78, 5) is 28.5. The lowest BCUT2D eigenvalue weighted by atomic mass is 10.3. The van der Waals surface area contributed by atoms with Crippen LogP contribution in [0.15, 0.2) is 18.3 Å². The van der Waals surface area contributed by atoms with Crippen LogP contribution in [0, 0.1) is 0 Å². The number of amides is 2. The Bertz CT molecular complexity index is 1110. The Kier molecular flexibility index (Phi) is 6.51. The van der Waals surface area contributed by atoms with E-state index < -0.39 is 36.1 Å². The number of fused-ring (bicyclic) bond motifs is 1. The molecule has 13 heteroatoms. The molecule has 0 aliphatic heterocycles. The van der Waals surface area contributed by atoms with Crippen molar-refractivity contribution in [2.45, 2.75) is 39.7 Å². The Balaban J connectivity index is 1.94. The number of aromatic nitrogens is 5. The van der Waals surface area contributed by atoms with E-state index in [1.165, 1.54) is 10.9 Å². The van der Waals surface area contributed by atoms with Crippen LogP contribution in [0.1, 0.15) is 65.5 Å². The van der Waals surface area contributed by atoms with E-state index in [-0.39, 0.29) is 22.7 Å². The van der Waals surface area contributed by atoms with Gasteiger partial charge in [-0.2, -0.15) is 10.2 Å². The highest BCUT2D eigenvalue weighted by molar-refractivity contribution is 6.07. The lowest BCUT2D eigenvalue weighted by molar-refractivity contribution is 0.0948. The van der Waals surface area contributed by atoms with Gasteiger partial charge in [0.05, 0.1) is 5.69 Å². The van der Waals surface area contributed by atoms with Crippen molar-refractivity contribution in [1.82, 2.24) is 29.7 Å². The summed E-state index contributed by atoms with van der Waals surface area (Å²) in [6.07, 6.45) is -4.05. The van der Waals surface area contributed by atoms with Gasteiger partial charge < -0.3 is 10.6 Å². The number of hydrogen-bond donors (Lipinski definition) is 2. The molecule has 3 heterocycles. The number of hydrogen-bond acceptors (Lipinski definition) is 5. The van der Waals surface area contributed by atoms with Gasteiger partial charge in [-0.1, -0.05) is 6.92 Å². The maximum Gasteiger partial charge on any atom is 0.280 e. The highest BCUT2D eigenvalue weighted by Crippen LogP contribution is 2.25. The summed E-state index contributed by atoms with van der Waals surface area (Å²) < 4.78 is 54.6. The maximum absolute atomic E-state index is 13.3. The molecule has 2 N–H and O–H groups in total. The van der Waals surface area contributed by atoms with E-state index in [0.29, 0.717) is 30.1 Å². The summed E-state index contributed by atoms with van der Waals surface area (Å²) in [7, 11) is 0. The van der Waals surface area contributed by atoms with Crippen molar-refractivity contribution in [2.75, 3.05) is 11.9 Å². The Morgan fingerprint density at radius 3 is 2.42 bits per heavy atom. The van der Waals surface area contributed by atoms with Crippen LogP contribution < -0.4 is 10.6 Å². The van der Waals surface area contributed by atoms with Crippen molar-refractivity contribution in [3.05, 3.63) is 41.1 Å². The first-order valence-corrected chi connectivity index (χ1v) is 9.39. The number of carbonyl (C=O) groups excluding carboxylic acids is 2. The quantitative estimate of drug-likeness (QED) is 0.522. The topological polar surface area (TPSA) is 106 Å². The van der Waals surface area contributed by atoms with Crippen molar-refractivity contribution in [1.29, 1.82) is 0 Å². The van der Waals surface area contributed by atoms with E-state index in [9.17, 15) is 27.2 Å². The van der Waals surface area contributed by atoms with E-state index in [1.54, 1.807) is 6.92 Å². The maximum atomic E-state index is 13.3. The first kappa shape index (κ1) is 22.2. The molecule has 0 saturated carbocycles. The van der Waals surface area contributed by atoms with Crippen molar-refractivity contribution in [3.63, 3.8) is 0 Å². The molecule has 0 atom stereocenters. The molecule has 0 spiro atoms. The van der Waals surface area contributed by atoms with E-state index >= 15 is 0 Å². The standard InChI is InChI=1S/C18H19F4N7O2/c1-3-5-23-18(31)14-11(8-28(4-2)27-14)25-17(30)10-7-13-24-9(15(19)20)6-12(16(21)22)29(13)26-10/h6-8,15-16H,3-5H2,1-2H3,(H,23,31)(H,25,30). The molecule has 9 nitrogen and oxygen atoms in total. The Morgan fingerprint density at radius 2 is 1.81 bits per heavy atom. The molecular formula is C18H19F4N7O2. The fourth-order valence-corrected chi connectivity index (χ4v) is 2.75. The molecule has 31 heavy (non-hydrogen) atoms. The average molecular weight is 441 g/mol. The smallest absolute Gasteiger partial charge is 0.280 e. The van der Waals surface area contributed by atoms with Crippen LogP contribution in [0.5, 0.6) is 0 Å². The SMILES string of the molecule is CCCNC(=O)c1nn(CC)cc1NC(=O)c1cc2nc(C(F)F)cc(C(F)F)n2n1. The second-order valence-electron chi connectivity index (χ2n) is 6.46. The largest absolute Gasteiger partial charge is 0.351 e. The zero-order valence-electron chi connectivity index (χ0n) is 16.6. The summed E-state index contributed by atoms with van der Waals surface area (Å²) in [5.41, 5.74) is -2.29. The molecular weight excluding hydrogens is 422 g/mol. The van der Waals surface area contributed by atoms with Gasteiger partial charge in [0.15, 0.2) is 17.0 Å². The zero-order chi connectivity index (χ0) is 22.7. The fraction of sp³-hybridized carbons (Fsp3) is 0.389. The minimum Gasteiger partial charge on any atom is -0.351 e. The minimum absolute atomic E-state index is 0.0289. The highest BCUT2D eigenvalue weighted by atomic mass is 19.3. The zero-order valence-corrected chi connectivity index (χ0v) is 16.6. The summed E-state index contributed by atoms with van der Waals surface area (Å²) in [5.74, 6) is -1.34. The molecule has 0 saturated heterocycles. The van der Waals surface area contributed by atoms with Gasteiger partial charge >= 0.3 is 0 Å². The van der Waals surface area contributed by atoms with E-state index in [4.69, 9.17) is 0 Å². The van der Waals surface area contributed by atoms with Gasteiger partial charge in [-0.05, 0) is 19.4 Å². The summed E-state index contributed by atoms with van der Waals surface area (Å²) >= 11 is 0. The predicted octanol–water partition coefficient (Wildman–Crippen LogP) is 3.21. The lowest BCUT2D eigenvalue weighted by Gasteiger charge is -2.06. The summed E-state index contributed by atoms with van der Waals surface area (Å²) in [6, 6.07) is 1.55. The van der Waals surface area contributed by atoms with E-state index in [2.05, 4.69) is 25.8 Å². The Labute approximate surface area is 173 Å². The van der Waals surface area contributed by atoms with Crippen molar-refractivity contribution < 1.29 is 27.2 Å². The molecule has 0 fully saturated rings. The van der Waals surface area contributed by atoms with Crippen molar-refractivity contribution >= 4 is 23.1 Å². The minimum atomic E-state index is -3.12. The van der Waals surface area contributed by atoms with Gasteiger partial charge in [0.1, 0.15) is 11.4 Å². The van der Waals surface area contributed by atoms with Crippen molar-refractivity contribution in [2.24, 2.45) is 0 Å². The van der Waals surface area contributed by atoms with Crippen LogP contribution in [-0.4, -0.2) is 42.7 Å². The Hall–Kier alpha value is -3.51. The molecule has 0 aliphatic rings. The third-order valence-electron chi connectivity index (χ3n) is 4.24. The molecule has 3 aromatic rings. The number of halogens is 4. The number of nitrogens with one attached hydrogen (secondary N) is 2. The number of alkyl halides is 4. The summed E-state index contributed by atoms with van der Waals surface area (Å²) in [6.45, 7) is 4.49. The third kappa shape index (κ3) is 4.64. The number of rotatable bonds is 8. The van der Waals surface area contributed by atoms with Gasteiger partial charge in [0, 0.05) is 25.4 Å². The predicted molar refractivity (Wildman–Crippen MR) is 101 cm³/mol. The summed E-state index contributed by atoms with van der Waals surface area (Å²) in [5, 5.41) is 13.0. The van der Waals surface area contributed by atoms with Crippen LogP contribution >= 0.6 is 0 Å². The molecule has 166 valence electrons. The van der Waals surface area contributed by atoms with Crippen LogP contribution in [0.4, 0.5) is 23.2 Å². The molecule has 0 aromatic carbocycles. The van der Waals surface area contributed by atoms with Gasteiger partial charge in [-0.3, -0.25) is 14.3 Å². The van der Waals surface area contributed by atoms with Gasteiger partial charge in [0.25, 0.3) is 24.7 Å².